The normalized spacial score (nSPS) is 6.69. The first-order valence-corrected chi connectivity index (χ1v) is 7.97. The molecular weight excluding hydrogens is 567 g/mol. The molecule has 0 aromatic rings. The van der Waals surface area contributed by atoms with Crippen LogP contribution in [0, 0.1) is 0 Å². The third-order valence-corrected chi connectivity index (χ3v) is 0. The van der Waals surface area contributed by atoms with E-state index in [9.17, 15) is 0 Å². The second-order valence-corrected chi connectivity index (χ2v) is 3.62. The standard InChI is InChI=1S/C2H7N.9BH3O3/c1-3-2;9*2-1(3)4/h3H,1-2H3;9*2-4H. The molecule has 0 aromatic carbocycles. The van der Waals surface area contributed by atoms with E-state index in [0.29, 0.717) is 0 Å². The Morgan fingerprint density at radius 3 is 0.205 bits per heavy atom. The first kappa shape index (κ1) is 66.6. The van der Waals surface area contributed by atoms with E-state index >= 15 is 0 Å². The number of nitrogens with one attached hydrogen (secondary N) is 1. The highest BCUT2D eigenvalue weighted by atomic mass is 16.6. The molecule has 0 aliphatic heterocycles. The minimum absolute atomic E-state index is 1.88. The predicted molar refractivity (Wildman–Crippen MR) is 127 cm³/mol. The lowest BCUT2D eigenvalue weighted by Gasteiger charge is -1.69. The van der Waals surface area contributed by atoms with E-state index in [1.165, 1.54) is 0 Å². The van der Waals surface area contributed by atoms with Crippen LogP contribution in [0.3, 0.4) is 0 Å². The van der Waals surface area contributed by atoms with Crippen LogP contribution in [-0.2, 0) is 0 Å². The molecule has 0 rings (SSSR count). The maximum Gasteiger partial charge on any atom is 0.631 e. The fraction of sp³-hybridized carbons (Fsp3) is 1.00. The Morgan fingerprint density at radius 1 is 0.205 bits per heavy atom. The third-order valence-electron chi connectivity index (χ3n) is 0. The summed E-state index contributed by atoms with van der Waals surface area (Å²) in [4.78, 5) is 0. The SMILES string of the molecule is CNC.OB(O)O.OB(O)O.OB(O)O.OB(O)O.OB(O)O.OB(O)O.OB(O)O.OB(O)O.OB(O)O. The van der Waals surface area contributed by atoms with Gasteiger partial charge in [0.1, 0.15) is 0 Å². The summed E-state index contributed by atoms with van der Waals surface area (Å²) in [7, 11) is -15.8. The molecule has 28 N–H and O–H groups in total. The van der Waals surface area contributed by atoms with Gasteiger partial charge in [0.15, 0.2) is 0 Å². The molecule has 0 heterocycles. The van der Waals surface area contributed by atoms with Crippen molar-refractivity contribution < 1.29 is 136 Å². The maximum atomic E-state index is 7.17. The molecule has 28 nitrogen and oxygen atoms in total. The van der Waals surface area contributed by atoms with Crippen molar-refractivity contribution in [1.82, 2.24) is 5.32 Å². The molecule has 39 heavy (non-hydrogen) atoms. The van der Waals surface area contributed by atoms with Crippen molar-refractivity contribution >= 4 is 65.9 Å². The Bertz CT molecular complexity index is 188. The average Bonchev–Trinajstić information content (AvgIpc) is 2.49. The molecule has 0 saturated carbocycles. The number of hydrogen-bond donors (Lipinski definition) is 28. The summed E-state index contributed by atoms with van der Waals surface area (Å²) in [5.41, 5.74) is 0. The summed E-state index contributed by atoms with van der Waals surface area (Å²) in [6, 6.07) is 0. The summed E-state index contributed by atoms with van der Waals surface area (Å²) in [5, 5.41) is 196. The molecule has 0 amide bonds. The summed E-state index contributed by atoms with van der Waals surface area (Å²) in [6.07, 6.45) is 0. The minimum Gasteiger partial charge on any atom is -0.402 e. The molecule has 0 spiro atoms. The number of rotatable bonds is 0. The van der Waals surface area contributed by atoms with Crippen LogP contribution in [0.25, 0.3) is 0 Å². The second kappa shape index (κ2) is 66.0. The van der Waals surface area contributed by atoms with Gasteiger partial charge in [0.05, 0.1) is 0 Å². The zero-order chi connectivity index (χ0) is 34.9. The highest BCUT2D eigenvalue weighted by Gasteiger charge is 1.95. The average molecular weight is 602 g/mol. The smallest absolute Gasteiger partial charge is 0.402 e. The van der Waals surface area contributed by atoms with Gasteiger partial charge in [0, 0.05) is 0 Å². The lowest BCUT2D eigenvalue weighted by Crippen LogP contribution is -2.07. The summed E-state index contributed by atoms with van der Waals surface area (Å²) < 4.78 is 0. The predicted octanol–water partition coefficient (Wildman–Crippen LogP) is -18.6. The Morgan fingerprint density at radius 2 is 0.205 bits per heavy atom. The monoisotopic (exact) mass is 603 g/mol. The minimum atomic E-state index is -2.17. The molecule has 0 aromatic heterocycles. The van der Waals surface area contributed by atoms with Gasteiger partial charge in [-0.3, -0.25) is 0 Å². The Labute approximate surface area is 221 Å². The lowest BCUT2D eigenvalue weighted by atomic mass is 10.3. The summed E-state index contributed by atoms with van der Waals surface area (Å²) >= 11 is 0. The molecule has 0 aliphatic rings. The highest BCUT2D eigenvalue weighted by molar-refractivity contribution is 6.32. The van der Waals surface area contributed by atoms with Gasteiger partial charge in [0.2, 0.25) is 0 Å². The molecule has 0 bridgehead atoms. The molecule has 0 saturated heterocycles. The largest absolute Gasteiger partial charge is 0.631 e. The molecule has 0 radical (unpaired) electrons. The molecular formula is C2H34B9NO27. The maximum absolute atomic E-state index is 7.17. The van der Waals surface area contributed by atoms with Gasteiger partial charge in [-0.1, -0.05) is 0 Å². The number of hydrogen-bond acceptors (Lipinski definition) is 28. The van der Waals surface area contributed by atoms with Crippen molar-refractivity contribution in [2.45, 2.75) is 0 Å². The third kappa shape index (κ3) is 164000. The first-order chi connectivity index (χ1) is 17.0. The van der Waals surface area contributed by atoms with E-state index in [1.807, 2.05) is 14.1 Å². The van der Waals surface area contributed by atoms with Crippen molar-refractivity contribution in [3.05, 3.63) is 0 Å². The quantitative estimate of drug-likeness (QED) is 0.114. The van der Waals surface area contributed by atoms with Crippen LogP contribution in [-0.4, -0.2) is 216 Å². The van der Waals surface area contributed by atoms with Crippen LogP contribution < -0.4 is 5.32 Å². The van der Waals surface area contributed by atoms with Gasteiger partial charge in [0.25, 0.3) is 0 Å². The Balaban J connectivity index is -0.0000000300. The van der Waals surface area contributed by atoms with Crippen LogP contribution in [0.2, 0.25) is 0 Å². The van der Waals surface area contributed by atoms with Gasteiger partial charge < -0.3 is 141 Å². The molecule has 236 valence electrons. The second-order valence-electron chi connectivity index (χ2n) is 3.62. The van der Waals surface area contributed by atoms with Gasteiger partial charge in [-0.2, -0.15) is 0 Å². The van der Waals surface area contributed by atoms with E-state index in [-0.39, 0.29) is 0 Å². The van der Waals surface area contributed by atoms with Gasteiger partial charge in [-0.15, -0.1) is 0 Å². The fourth-order valence-corrected chi connectivity index (χ4v) is 0. The molecule has 0 atom stereocenters. The lowest BCUT2D eigenvalue weighted by molar-refractivity contribution is 0.276. The van der Waals surface area contributed by atoms with E-state index in [2.05, 4.69) is 5.32 Å². The van der Waals surface area contributed by atoms with E-state index < -0.39 is 65.9 Å². The summed E-state index contributed by atoms with van der Waals surface area (Å²) in [6.45, 7) is 0. The van der Waals surface area contributed by atoms with Crippen molar-refractivity contribution in [3.63, 3.8) is 0 Å². The van der Waals surface area contributed by atoms with Crippen LogP contribution in [0.5, 0.6) is 0 Å². The Kier molecular flexibility index (Phi) is 113. The molecule has 0 aliphatic carbocycles. The zero-order valence-corrected chi connectivity index (χ0v) is 19.8. The van der Waals surface area contributed by atoms with Crippen LogP contribution in [0.1, 0.15) is 0 Å². The topological polar surface area (TPSA) is 558 Å². The Hall–Kier alpha value is -0.536. The molecule has 37 heteroatoms. The van der Waals surface area contributed by atoms with Gasteiger partial charge >= 0.3 is 65.9 Å². The molecule has 0 unspecified atom stereocenters. The van der Waals surface area contributed by atoms with Crippen LogP contribution in [0.4, 0.5) is 0 Å². The van der Waals surface area contributed by atoms with E-state index in [1.54, 1.807) is 0 Å². The van der Waals surface area contributed by atoms with Gasteiger partial charge in [-0.25, -0.2) is 0 Å². The van der Waals surface area contributed by atoms with Crippen LogP contribution in [0.15, 0.2) is 0 Å². The van der Waals surface area contributed by atoms with E-state index in [4.69, 9.17) is 136 Å². The van der Waals surface area contributed by atoms with Crippen molar-refractivity contribution in [2.75, 3.05) is 14.1 Å². The zero-order valence-electron chi connectivity index (χ0n) is 19.8. The highest BCUT2D eigenvalue weighted by Crippen LogP contribution is 1.43. The fourth-order valence-electron chi connectivity index (χ4n) is 0. The van der Waals surface area contributed by atoms with Crippen molar-refractivity contribution in [1.29, 1.82) is 0 Å². The van der Waals surface area contributed by atoms with Gasteiger partial charge in [-0.05, 0) is 14.1 Å². The van der Waals surface area contributed by atoms with E-state index in [0.717, 1.165) is 0 Å². The molecule has 0 fully saturated rings. The summed E-state index contributed by atoms with van der Waals surface area (Å²) in [5.74, 6) is 0. The van der Waals surface area contributed by atoms with Crippen molar-refractivity contribution in [3.8, 4) is 0 Å². The first-order valence-electron chi connectivity index (χ1n) is 7.97. The van der Waals surface area contributed by atoms with Crippen molar-refractivity contribution in [2.24, 2.45) is 0 Å². The van der Waals surface area contributed by atoms with Crippen LogP contribution >= 0.6 is 0 Å².